The van der Waals surface area contributed by atoms with Crippen LogP contribution in [0, 0.1) is 18.8 Å². The fraction of sp³-hybridized carbons (Fsp3) is 0.517. The van der Waals surface area contributed by atoms with Gasteiger partial charge in [0.1, 0.15) is 6.17 Å². The first-order chi connectivity index (χ1) is 16.4. The predicted molar refractivity (Wildman–Crippen MR) is 130 cm³/mol. The van der Waals surface area contributed by atoms with Crippen LogP contribution in [0.25, 0.3) is 5.70 Å². The summed E-state index contributed by atoms with van der Waals surface area (Å²) in [5, 5.41) is 0. The number of anilines is 1. The molecule has 0 radical (unpaired) electrons. The molecule has 2 fully saturated rings. The van der Waals surface area contributed by atoms with Crippen LogP contribution in [0.4, 0.5) is 5.69 Å². The molecule has 6 rings (SSSR count). The summed E-state index contributed by atoms with van der Waals surface area (Å²) in [6, 6.07) is 17.2. The molecule has 2 heterocycles. The van der Waals surface area contributed by atoms with Crippen LogP contribution in [0.3, 0.4) is 0 Å². The van der Waals surface area contributed by atoms with Crippen LogP contribution in [0.5, 0.6) is 0 Å². The highest BCUT2D eigenvalue weighted by molar-refractivity contribution is 5.83. The lowest BCUT2D eigenvalue weighted by molar-refractivity contribution is 0.0151. The van der Waals surface area contributed by atoms with Gasteiger partial charge >= 0.3 is 0 Å². The fourth-order valence-electron chi connectivity index (χ4n) is 7.63. The number of benzene rings is 2. The van der Waals surface area contributed by atoms with Gasteiger partial charge in [0.25, 0.3) is 0 Å². The molecule has 0 aromatic heterocycles. The van der Waals surface area contributed by atoms with Crippen LogP contribution in [0.2, 0.25) is 0 Å². The molecule has 162 valence electrons. The van der Waals surface area contributed by atoms with Crippen molar-refractivity contribution in [2.75, 3.05) is 4.90 Å². The number of aryl methyl sites for hydroxylation is 1. The largest absolute Gasteiger partial charge is 0.339 e. The molecule has 31 heavy (non-hydrogen) atoms. The van der Waals surface area contributed by atoms with Crippen molar-refractivity contribution >= 4 is 11.4 Å². The molecule has 1 atom stereocenters. The van der Waals surface area contributed by atoms with Crippen molar-refractivity contribution in [3.63, 3.8) is 0 Å². The van der Waals surface area contributed by atoms with Gasteiger partial charge in [0.2, 0.25) is 0 Å². The monoisotopic (exact) mass is 415 g/mol. The number of nitrogens with zero attached hydrogens (tertiary/aromatic N) is 2. The molecule has 1 unspecified atom stereocenters. The third kappa shape index (κ3) is 2.51. The lowest BCUT2D eigenvalue weighted by Gasteiger charge is -2.51. The van der Waals surface area contributed by atoms with E-state index in [-0.39, 0.29) is 5.54 Å². The van der Waals surface area contributed by atoms with Crippen LogP contribution in [0.15, 0.2) is 54.2 Å². The van der Waals surface area contributed by atoms with E-state index in [2.05, 4.69) is 60.0 Å². The zero-order chi connectivity index (χ0) is 23.7. The first-order valence-corrected chi connectivity index (χ1v) is 12.3. The van der Waals surface area contributed by atoms with Gasteiger partial charge in [-0.3, -0.25) is 0 Å². The van der Waals surface area contributed by atoms with E-state index in [1.165, 1.54) is 68.2 Å². The van der Waals surface area contributed by atoms with Gasteiger partial charge in [-0.05, 0) is 75.4 Å². The molecule has 0 saturated heterocycles. The predicted octanol–water partition coefficient (Wildman–Crippen LogP) is 7.44. The average Bonchev–Trinajstić information content (AvgIpc) is 3.59. The Hall–Kier alpha value is -2.22. The quantitative estimate of drug-likeness (QED) is 0.514. The number of allylic oxidation sites excluding steroid dienone is 1. The Kier molecular flexibility index (Phi) is 3.79. The minimum atomic E-state index is -2.14. The minimum Gasteiger partial charge on any atom is -0.339 e. The molecule has 4 aliphatic rings. The SMILES string of the molecule is [2H]C([2H])([2H])C1N(c2ccccc2C)C(C)=C2c3ccccc3C(C3CCCC3)(C3CCCC3)N21. The minimum absolute atomic E-state index is 0.226. The Bertz CT molecular complexity index is 1110. The summed E-state index contributed by atoms with van der Waals surface area (Å²) in [5.74, 6) is 1.01. The number of hydrogen-bond donors (Lipinski definition) is 0. The second kappa shape index (κ2) is 7.15. The van der Waals surface area contributed by atoms with Crippen molar-refractivity contribution < 1.29 is 4.11 Å². The molecule has 2 aromatic rings. The molecule has 2 aliphatic heterocycles. The fourth-order valence-corrected chi connectivity index (χ4v) is 7.63. The first-order valence-electron chi connectivity index (χ1n) is 13.8. The molecule has 0 bridgehead atoms. The molecule has 2 heteroatoms. The molecule has 2 aromatic carbocycles. The molecule has 0 spiro atoms. The molecule has 0 N–H and O–H groups in total. The summed E-state index contributed by atoms with van der Waals surface area (Å²) < 4.78 is 26.6. The van der Waals surface area contributed by atoms with Gasteiger partial charge in [-0.2, -0.15) is 0 Å². The van der Waals surface area contributed by atoms with E-state index in [0.29, 0.717) is 11.8 Å². The Morgan fingerprint density at radius 1 is 0.839 bits per heavy atom. The van der Waals surface area contributed by atoms with Crippen LogP contribution >= 0.6 is 0 Å². The third-order valence-electron chi connectivity index (χ3n) is 8.78. The Morgan fingerprint density at radius 3 is 2.10 bits per heavy atom. The lowest BCUT2D eigenvalue weighted by Crippen LogP contribution is -2.55. The summed E-state index contributed by atoms with van der Waals surface area (Å²) in [7, 11) is 0. The van der Waals surface area contributed by atoms with Gasteiger partial charge in [-0.15, -0.1) is 0 Å². The number of rotatable bonds is 3. The van der Waals surface area contributed by atoms with E-state index in [1.54, 1.807) is 0 Å². The van der Waals surface area contributed by atoms with E-state index in [9.17, 15) is 0 Å². The second-order valence-corrected chi connectivity index (χ2v) is 10.2. The number of fused-ring (bicyclic) bond motifs is 3. The summed E-state index contributed by atoms with van der Waals surface area (Å²) in [6.07, 6.45) is 9.15. The number of hydrogen-bond acceptors (Lipinski definition) is 2. The Balaban J connectivity index is 1.66. The topological polar surface area (TPSA) is 6.48 Å². The van der Waals surface area contributed by atoms with E-state index in [1.807, 2.05) is 12.1 Å². The Morgan fingerprint density at radius 2 is 1.45 bits per heavy atom. The van der Waals surface area contributed by atoms with E-state index in [4.69, 9.17) is 4.11 Å². The molecule has 0 amide bonds. The van der Waals surface area contributed by atoms with Crippen LogP contribution < -0.4 is 4.90 Å². The summed E-state index contributed by atoms with van der Waals surface area (Å²) in [5.41, 5.74) is 6.84. The first kappa shape index (κ1) is 16.4. The summed E-state index contributed by atoms with van der Waals surface area (Å²) in [6.45, 7) is 2.11. The maximum absolute atomic E-state index is 8.87. The third-order valence-corrected chi connectivity index (χ3v) is 8.78. The van der Waals surface area contributed by atoms with Crippen molar-refractivity contribution in [3.05, 3.63) is 70.9 Å². The summed E-state index contributed by atoms with van der Waals surface area (Å²) >= 11 is 0. The van der Waals surface area contributed by atoms with Crippen LogP contribution in [-0.4, -0.2) is 11.1 Å². The van der Waals surface area contributed by atoms with Crippen molar-refractivity contribution in [1.29, 1.82) is 0 Å². The lowest BCUT2D eigenvalue weighted by atomic mass is 9.67. The van der Waals surface area contributed by atoms with E-state index in [0.717, 1.165) is 16.9 Å². The average molecular weight is 416 g/mol. The van der Waals surface area contributed by atoms with Gasteiger partial charge in [0, 0.05) is 21.1 Å². The van der Waals surface area contributed by atoms with Gasteiger partial charge in [0.05, 0.1) is 11.2 Å². The van der Waals surface area contributed by atoms with Crippen molar-refractivity contribution in [1.82, 2.24) is 4.90 Å². The van der Waals surface area contributed by atoms with Gasteiger partial charge in [-0.25, -0.2) is 0 Å². The normalized spacial score (nSPS) is 27.4. The van der Waals surface area contributed by atoms with Crippen LogP contribution in [-0.2, 0) is 5.54 Å². The van der Waals surface area contributed by atoms with Crippen molar-refractivity contribution in [2.24, 2.45) is 11.8 Å². The zero-order valence-corrected chi connectivity index (χ0v) is 18.9. The molecular formula is C29H36N2. The highest BCUT2D eigenvalue weighted by atomic mass is 15.5. The molecular weight excluding hydrogens is 376 g/mol. The standard InChI is InChI=1S/C29H36N2/c1-20-12-4-11-19-27(20)30-21(2)28-25-17-9-10-18-26(25)29(31(28)22(30)3,23-13-5-6-14-23)24-15-7-8-16-24/h4,9-12,17-19,22-24H,5-8,13-16H2,1-3H3/i3D3. The highest BCUT2D eigenvalue weighted by Crippen LogP contribution is 2.64. The van der Waals surface area contributed by atoms with E-state index >= 15 is 0 Å². The van der Waals surface area contributed by atoms with Crippen molar-refractivity contribution in [3.8, 4) is 0 Å². The van der Waals surface area contributed by atoms with Gasteiger partial charge in [0.15, 0.2) is 0 Å². The highest BCUT2D eigenvalue weighted by Gasteiger charge is 2.61. The smallest absolute Gasteiger partial charge is 0.104 e. The molecule has 2 saturated carbocycles. The number of para-hydroxylation sites is 1. The second-order valence-electron chi connectivity index (χ2n) is 10.2. The van der Waals surface area contributed by atoms with Crippen LogP contribution in [0.1, 0.15) is 85.9 Å². The van der Waals surface area contributed by atoms with Gasteiger partial charge < -0.3 is 9.80 Å². The maximum Gasteiger partial charge on any atom is 0.104 e. The van der Waals surface area contributed by atoms with Crippen molar-refractivity contribution in [2.45, 2.75) is 83.8 Å². The summed E-state index contributed by atoms with van der Waals surface area (Å²) in [4.78, 5) is 4.62. The Labute approximate surface area is 192 Å². The van der Waals surface area contributed by atoms with E-state index < -0.39 is 13.0 Å². The maximum atomic E-state index is 8.87. The zero-order valence-electron chi connectivity index (χ0n) is 21.9. The van der Waals surface area contributed by atoms with Gasteiger partial charge in [-0.1, -0.05) is 68.1 Å². The molecule has 2 nitrogen and oxygen atoms in total. The molecule has 2 aliphatic carbocycles.